The Morgan fingerprint density at radius 1 is 1.10 bits per heavy atom. The number of nitrogens with zero attached hydrogens (tertiary/aromatic N) is 2. The molecule has 1 aromatic carbocycles. The molecule has 8 heteroatoms. The summed E-state index contributed by atoms with van der Waals surface area (Å²) in [6.07, 6.45) is 4.09. The average molecular weight is 405 g/mol. The summed E-state index contributed by atoms with van der Waals surface area (Å²) in [5.74, 6) is 1.33. The van der Waals surface area contributed by atoms with Gasteiger partial charge in [-0.2, -0.15) is 0 Å². The van der Waals surface area contributed by atoms with Crippen LogP contribution in [0.5, 0.6) is 11.5 Å². The quantitative estimate of drug-likeness (QED) is 0.462. The van der Waals surface area contributed by atoms with E-state index in [1.807, 2.05) is 18.2 Å². The highest BCUT2D eigenvalue weighted by molar-refractivity contribution is 5.92. The highest BCUT2D eigenvalue weighted by Crippen LogP contribution is 2.25. The van der Waals surface area contributed by atoms with E-state index in [2.05, 4.69) is 10.2 Å². The van der Waals surface area contributed by atoms with Gasteiger partial charge in [-0.25, -0.2) is 0 Å². The number of hydrogen-bond donors (Lipinski definition) is 1. The zero-order chi connectivity index (χ0) is 21.1. The number of amides is 2. The lowest BCUT2D eigenvalue weighted by atomic mass is 10.1. The second kappa shape index (κ2) is 12.1. The number of nitrogens with one attached hydrogen (secondary N) is 1. The van der Waals surface area contributed by atoms with Gasteiger partial charge in [0.2, 0.25) is 11.8 Å². The lowest BCUT2D eigenvalue weighted by Gasteiger charge is -2.33. The van der Waals surface area contributed by atoms with Crippen molar-refractivity contribution in [2.75, 3.05) is 67.2 Å². The molecule has 8 nitrogen and oxygen atoms in total. The van der Waals surface area contributed by atoms with Crippen LogP contribution in [0.15, 0.2) is 24.3 Å². The van der Waals surface area contributed by atoms with E-state index >= 15 is 0 Å². The number of rotatable bonds is 10. The number of hydrogen-bond acceptors (Lipinski definition) is 6. The van der Waals surface area contributed by atoms with Crippen LogP contribution in [0.1, 0.15) is 12.0 Å². The van der Waals surface area contributed by atoms with Crippen LogP contribution >= 0.6 is 0 Å². The third-order valence-electron chi connectivity index (χ3n) is 4.74. The topological polar surface area (TPSA) is 80.3 Å². The largest absolute Gasteiger partial charge is 0.497 e. The summed E-state index contributed by atoms with van der Waals surface area (Å²) in [5.41, 5.74) is 0.781. The summed E-state index contributed by atoms with van der Waals surface area (Å²) in [6.45, 7) is 4.14. The molecule has 1 aromatic rings. The van der Waals surface area contributed by atoms with E-state index in [9.17, 15) is 9.59 Å². The number of ether oxygens (including phenoxy) is 3. The summed E-state index contributed by atoms with van der Waals surface area (Å²) in [4.78, 5) is 28.3. The maximum atomic E-state index is 12.5. The van der Waals surface area contributed by atoms with Gasteiger partial charge in [-0.1, -0.05) is 0 Å². The molecule has 0 atom stereocenters. The van der Waals surface area contributed by atoms with Crippen molar-refractivity contribution < 1.29 is 23.8 Å². The molecule has 1 saturated heterocycles. The van der Waals surface area contributed by atoms with Crippen LogP contribution in [0.3, 0.4) is 0 Å². The molecule has 0 spiro atoms. The van der Waals surface area contributed by atoms with Gasteiger partial charge in [0, 0.05) is 58.1 Å². The fraction of sp³-hybridized carbons (Fsp3) is 0.524. The Balaban J connectivity index is 1.80. The minimum absolute atomic E-state index is 0.00546. The van der Waals surface area contributed by atoms with Crippen LogP contribution in [-0.4, -0.2) is 88.8 Å². The number of methoxy groups -OCH3 is 3. The Morgan fingerprint density at radius 3 is 2.52 bits per heavy atom. The van der Waals surface area contributed by atoms with Gasteiger partial charge in [-0.3, -0.25) is 14.5 Å². The van der Waals surface area contributed by atoms with Crippen LogP contribution in [0.4, 0.5) is 0 Å². The summed E-state index contributed by atoms with van der Waals surface area (Å²) < 4.78 is 15.5. The molecular formula is C21H31N3O5. The first-order chi connectivity index (χ1) is 14.1. The predicted octanol–water partition coefficient (Wildman–Crippen LogP) is 1.01. The second-order valence-corrected chi connectivity index (χ2v) is 6.74. The molecule has 2 rings (SSSR count). The second-order valence-electron chi connectivity index (χ2n) is 6.74. The molecule has 1 aliphatic rings. The zero-order valence-electron chi connectivity index (χ0n) is 17.5. The van der Waals surface area contributed by atoms with Crippen molar-refractivity contribution in [3.8, 4) is 11.5 Å². The van der Waals surface area contributed by atoms with Gasteiger partial charge in [-0.05, 0) is 30.7 Å². The Labute approximate surface area is 172 Å². The normalized spacial score (nSPS) is 14.8. The van der Waals surface area contributed by atoms with Crippen molar-refractivity contribution >= 4 is 17.9 Å². The standard InChI is InChI=1S/C21H31N3O5/c1-27-14-4-9-22-20(25)16-23-10-12-24(13-11-23)21(26)8-5-17-15-18(28-2)6-7-19(17)29-3/h5-8,15H,4,9-14,16H2,1-3H3,(H,22,25)/b8-5+. The Hall–Kier alpha value is -2.58. The van der Waals surface area contributed by atoms with Crippen LogP contribution in [0.2, 0.25) is 0 Å². The maximum Gasteiger partial charge on any atom is 0.246 e. The fourth-order valence-electron chi connectivity index (χ4n) is 3.07. The third-order valence-corrected chi connectivity index (χ3v) is 4.74. The first kappa shape index (κ1) is 22.7. The van der Waals surface area contributed by atoms with E-state index in [4.69, 9.17) is 14.2 Å². The van der Waals surface area contributed by atoms with E-state index in [0.717, 1.165) is 12.0 Å². The SMILES string of the molecule is COCCCNC(=O)CN1CCN(C(=O)/C=C/c2cc(OC)ccc2OC)CC1. The summed E-state index contributed by atoms with van der Waals surface area (Å²) in [7, 11) is 4.83. The first-order valence-corrected chi connectivity index (χ1v) is 9.74. The monoisotopic (exact) mass is 405 g/mol. The van der Waals surface area contributed by atoms with Crippen molar-refractivity contribution in [3.63, 3.8) is 0 Å². The van der Waals surface area contributed by atoms with Crippen molar-refractivity contribution in [3.05, 3.63) is 29.8 Å². The number of piperazine rings is 1. The number of carbonyl (C=O) groups excluding carboxylic acids is 2. The molecule has 1 fully saturated rings. The van der Waals surface area contributed by atoms with E-state index in [1.165, 1.54) is 0 Å². The van der Waals surface area contributed by atoms with Gasteiger partial charge in [0.1, 0.15) is 11.5 Å². The molecule has 29 heavy (non-hydrogen) atoms. The molecular weight excluding hydrogens is 374 g/mol. The maximum absolute atomic E-state index is 12.5. The first-order valence-electron chi connectivity index (χ1n) is 9.74. The van der Waals surface area contributed by atoms with Crippen molar-refractivity contribution in [1.82, 2.24) is 15.1 Å². The predicted molar refractivity (Wildman–Crippen MR) is 111 cm³/mol. The molecule has 1 N–H and O–H groups in total. The van der Waals surface area contributed by atoms with Crippen molar-refractivity contribution in [2.45, 2.75) is 6.42 Å². The molecule has 0 radical (unpaired) electrons. The van der Waals surface area contributed by atoms with Gasteiger partial charge in [0.15, 0.2) is 0 Å². The molecule has 0 saturated carbocycles. The minimum Gasteiger partial charge on any atom is -0.497 e. The molecule has 0 bridgehead atoms. The van der Waals surface area contributed by atoms with Crippen LogP contribution in [0.25, 0.3) is 6.08 Å². The summed E-state index contributed by atoms with van der Waals surface area (Å²) >= 11 is 0. The molecule has 1 heterocycles. The van der Waals surface area contributed by atoms with Crippen molar-refractivity contribution in [1.29, 1.82) is 0 Å². The van der Waals surface area contributed by atoms with Gasteiger partial charge < -0.3 is 24.4 Å². The summed E-state index contributed by atoms with van der Waals surface area (Å²) in [6, 6.07) is 5.44. The number of benzene rings is 1. The lowest BCUT2D eigenvalue weighted by molar-refractivity contribution is -0.128. The minimum atomic E-state index is -0.0569. The van der Waals surface area contributed by atoms with Gasteiger partial charge in [0.25, 0.3) is 0 Å². The Morgan fingerprint density at radius 2 is 1.86 bits per heavy atom. The van der Waals surface area contributed by atoms with E-state index in [1.54, 1.807) is 38.4 Å². The fourth-order valence-corrected chi connectivity index (χ4v) is 3.07. The smallest absolute Gasteiger partial charge is 0.246 e. The molecule has 160 valence electrons. The van der Waals surface area contributed by atoms with E-state index in [0.29, 0.717) is 57.4 Å². The number of carbonyl (C=O) groups is 2. The molecule has 1 aliphatic heterocycles. The van der Waals surface area contributed by atoms with E-state index < -0.39 is 0 Å². The van der Waals surface area contributed by atoms with Gasteiger partial charge in [0.05, 0.1) is 20.8 Å². The highest BCUT2D eigenvalue weighted by Gasteiger charge is 2.21. The Kier molecular flexibility index (Phi) is 9.46. The van der Waals surface area contributed by atoms with Crippen LogP contribution in [0, 0.1) is 0 Å². The molecule has 0 unspecified atom stereocenters. The third kappa shape index (κ3) is 7.40. The molecule has 0 aliphatic carbocycles. The zero-order valence-corrected chi connectivity index (χ0v) is 17.5. The Bertz CT molecular complexity index is 700. The van der Waals surface area contributed by atoms with Crippen LogP contribution in [-0.2, 0) is 14.3 Å². The molecule has 0 aromatic heterocycles. The van der Waals surface area contributed by atoms with E-state index in [-0.39, 0.29) is 11.8 Å². The van der Waals surface area contributed by atoms with Crippen LogP contribution < -0.4 is 14.8 Å². The molecule has 2 amide bonds. The average Bonchev–Trinajstić information content (AvgIpc) is 2.75. The summed E-state index contributed by atoms with van der Waals surface area (Å²) in [5, 5.41) is 2.88. The van der Waals surface area contributed by atoms with Gasteiger partial charge in [-0.15, -0.1) is 0 Å². The van der Waals surface area contributed by atoms with Gasteiger partial charge >= 0.3 is 0 Å². The lowest BCUT2D eigenvalue weighted by Crippen LogP contribution is -2.50. The van der Waals surface area contributed by atoms with Crippen molar-refractivity contribution in [2.24, 2.45) is 0 Å². The highest BCUT2D eigenvalue weighted by atomic mass is 16.5.